The summed E-state index contributed by atoms with van der Waals surface area (Å²) in [7, 11) is 1.41. The monoisotopic (exact) mass is 281 g/mol. The summed E-state index contributed by atoms with van der Waals surface area (Å²) in [4.78, 5) is 13.1. The summed E-state index contributed by atoms with van der Waals surface area (Å²) in [6.07, 6.45) is 4.30. The van der Waals surface area contributed by atoms with Gasteiger partial charge >= 0.3 is 5.97 Å². The Morgan fingerprint density at radius 2 is 2.21 bits per heavy atom. The van der Waals surface area contributed by atoms with Crippen molar-refractivity contribution in [3.63, 3.8) is 0 Å². The summed E-state index contributed by atoms with van der Waals surface area (Å²) in [6, 6.07) is 0. The molecule has 3 nitrogen and oxygen atoms in total. The van der Waals surface area contributed by atoms with Crippen molar-refractivity contribution in [2.45, 2.75) is 46.5 Å². The number of thiophene rings is 1. The molecule has 1 aliphatic rings. The number of anilines is 1. The van der Waals surface area contributed by atoms with Gasteiger partial charge in [-0.3, -0.25) is 0 Å². The van der Waals surface area contributed by atoms with E-state index in [2.05, 4.69) is 20.8 Å². The molecule has 106 valence electrons. The van der Waals surface area contributed by atoms with Gasteiger partial charge < -0.3 is 10.5 Å². The second kappa shape index (κ2) is 5.16. The van der Waals surface area contributed by atoms with Crippen molar-refractivity contribution in [3.8, 4) is 0 Å². The van der Waals surface area contributed by atoms with E-state index in [4.69, 9.17) is 10.5 Å². The Morgan fingerprint density at radius 1 is 1.53 bits per heavy atom. The van der Waals surface area contributed by atoms with Crippen LogP contribution in [-0.4, -0.2) is 13.1 Å². The van der Waals surface area contributed by atoms with Crippen LogP contribution in [0.15, 0.2) is 0 Å². The van der Waals surface area contributed by atoms with Gasteiger partial charge in [0.1, 0.15) is 5.00 Å². The fourth-order valence-corrected chi connectivity index (χ4v) is 4.07. The molecule has 1 atom stereocenters. The fourth-order valence-electron chi connectivity index (χ4n) is 2.89. The molecule has 0 amide bonds. The molecule has 0 fully saturated rings. The van der Waals surface area contributed by atoms with Crippen LogP contribution in [0.5, 0.6) is 0 Å². The van der Waals surface area contributed by atoms with E-state index in [1.807, 2.05) is 0 Å². The van der Waals surface area contributed by atoms with Crippen LogP contribution in [0.1, 0.15) is 54.4 Å². The molecule has 0 radical (unpaired) electrons. The van der Waals surface area contributed by atoms with Gasteiger partial charge in [-0.05, 0) is 36.2 Å². The molecule has 19 heavy (non-hydrogen) atoms. The third-order valence-corrected chi connectivity index (χ3v) is 5.78. The first-order valence-electron chi connectivity index (χ1n) is 6.89. The number of hydrogen-bond acceptors (Lipinski definition) is 4. The average molecular weight is 281 g/mol. The highest BCUT2D eigenvalue weighted by Crippen LogP contribution is 2.44. The van der Waals surface area contributed by atoms with Crippen LogP contribution in [0.3, 0.4) is 0 Å². The summed E-state index contributed by atoms with van der Waals surface area (Å²) >= 11 is 1.57. The summed E-state index contributed by atoms with van der Waals surface area (Å²) < 4.78 is 4.84. The van der Waals surface area contributed by atoms with E-state index < -0.39 is 0 Å². The molecule has 1 aromatic heterocycles. The smallest absolute Gasteiger partial charge is 0.341 e. The van der Waals surface area contributed by atoms with E-state index >= 15 is 0 Å². The van der Waals surface area contributed by atoms with Gasteiger partial charge in [-0.2, -0.15) is 0 Å². The van der Waals surface area contributed by atoms with Gasteiger partial charge in [-0.1, -0.05) is 27.2 Å². The molecule has 1 aliphatic carbocycles. The predicted molar refractivity (Wildman–Crippen MR) is 79.7 cm³/mol. The molecular weight excluding hydrogens is 258 g/mol. The maximum absolute atomic E-state index is 11.8. The van der Waals surface area contributed by atoms with E-state index in [1.165, 1.54) is 18.4 Å². The lowest BCUT2D eigenvalue weighted by Crippen LogP contribution is -2.28. The molecule has 1 heterocycles. The Kier molecular flexibility index (Phi) is 3.90. The number of carbonyl (C=O) groups is 1. The molecule has 0 saturated heterocycles. The number of carbonyl (C=O) groups excluding carboxylic acids is 1. The first-order valence-corrected chi connectivity index (χ1v) is 7.70. The first kappa shape index (κ1) is 14.4. The highest BCUT2D eigenvalue weighted by atomic mass is 32.1. The van der Waals surface area contributed by atoms with Crippen LogP contribution in [0.25, 0.3) is 0 Å². The van der Waals surface area contributed by atoms with Gasteiger partial charge in [0.05, 0.1) is 12.7 Å². The molecule has 0 unspecified atom stereocenters. The maximum Gasteiger partial charge on any atom is 0.341 e. The number of ether oxygens (including phenoxy) is 1. The van der Waals surface area contributed by atoms with Crippen molar-refractivity contribution in [2.24, 2.45) is 11.3 Å². The molecule has 2 rings (SSSR count). The predicted octanol–water partition coefficient (Wildman–Crippen LogP) is 3.66. The summed E-state index contributed by atoms with van der Waals surface area (Å²) in [6.45, 7) is 6.92. The van der Waals surface area contributed by atoms with Gasteiger partial charge in [-0.15, -0.1) is 11.3 Å². The third kappa shape index (κ3) is 2.50. The summed E-state index contributed by atoms with van der Waals surface area (Å²) in [5, 5.41) is 0.617. The third-order valence-electron chi connectivity index (χ3n) is 4.70. The normalized spacial score (nSPS) is 19.1. The standard InChI is InChI=1S/C15H23NO2S/c1-5-15(2,3)9-6-7-10-11(8-9)19-13(16)12(10)14(17)18-4/h9H,5-8,16H2,1-4H3/t9-/m0/s1. The first-order chi connectivity index (χ1) is 8.90. The zero-order chi connectivity index (χ0) is 14.2. The second-order valence-corrected chi connectivity index (χ2v) is 7.15. The maximum atomic E-state index is 11.8. The van der Waals surface area contributed by atoms with E-state index in [1.54, 1.807) is 11.3 Å². The topological polar surface area (TPSA) is 52.3 Å². The Labute approximate surface area is 119 Å². The minimum Gasteiger partial charge on any atom is -0.465 e. The van der Waals surface area contributed by atoms with Crippen molar-refractivity contribution in [1.82, 2.24) is 0 Å². The van der Waals surface area contributed by atoms with Crippen LogP contribution in [0, 0.1) is 11.3 Å². The average Bonchev–Trinajstić information content (AvgIpc) is 2.72. The van der Waals surface area contributed by atoms with Crippen molar-refractivity contribution in [1.29, 1.82) is 0 Å². The quantitative estimate of drug-likeness (QED) is 0.860. The number of rotatable bonds is 3. The molecular formula is C15H23NO2S. The van der Waals surface area contributed by atoms with Gasteiger partial charge in [0.15, 0.2) is 0 Å². The van der Waals surface area contributed by atoms with Crippen LogP contribution in [-0.2, 0) is 17.6 Å². The Bertz CT molecular complexity index is 491. The van der Waals surface area contributed by atoms with Crippen molar-refractivity contribution >= 4 is 22.3 Å². The van der Waals surface area contributed by atoms with Crippen LogP contribution < -0.4 is 5.73 Å². The SMILES string of the molecule is CCC(C)(C)[C@H]1CCc2c(sc(N)c2C(=O)OC)C1. The van der Waals surface area contributed by atoms with Crippen LogP contribution in [0.2, 0.25) is 0 Å². The van der Waals surface area contributed by atoms with Crippen LogP contribution in [0.4, 0.5) is 5.00 Å². The number of nitrogens with two attached hydrogens (primary N) is 1. The number of fused-ring (bicyclic) bond motifs is 1. The molecule has 0 aliphatic heterocycles. The summed E-state index contributed by atoms with van der Waals surface area (Å²) in [5.74, 6) is 0.386. The van der Waals surface area contributed by atoms with Crippen LogP contribution >= 0.6 is 11.3 Å². The van der Waals surface area contributed by atoms with Crippen molar-refractivity contribution in [3.05, 3.63) is 16.0 Å². The largest absolute Gasteiger partial charge is 0.465 e. The second-order valence-electron chi connectivity index (χ2n) is 6.02. The molecule has 0 spiro atoms. The molecule has 2 N–H and O–H groups in total. The van der Waals surface area contributed by atoms with Crippen molar-refractivity contribution < 1.29 is 9.53 Å². The molecule has 0 saturated carbocycles. The Morgan fingerprint density at radius 3 is 2.79 bits per heavy atom. The Hall–Kier alpha value is -1.03. The molecule has 1 aromatic rings. The molecule has 0 bridgehead atoms. The minimum atomic E-state index is -0.289. The lowest BCUT2D eigenvalue weighted by molar-refractivity contribution is 0.0600. The zero-order valence-electron chi connectivity index (χ0n) is 12.2. The summed E-state index contributed by atoms with van der Waals surface area (Å²) in [5.41, 5.74) is 8.11. The Balaban J connectivity index is 2.31. The lowest BCUT2D eigenvalue weighted by atomic mass is 9.69. The van der Waals surface area contributed by atoms with E-state index in [0.717, 1.165) is 24.8 Å². The number of methoxy groups -OCH3 is 1. The van der Waals surface area contributed by atoms with E-state index in [9.17, 15) is 4.79 Å². The molecule has 0 aromatic carbocycles. The highest BCUT2D eigenvalue weighted by molar-refractivity contribution is 7.16. The molecule has 4 heteroatoms. The number of esters is 1. The van der Waals surface area contributed by atoms with E-state index in [0.29, 0.717) is 21.9 Å². The zero-order valence-corrected chi connectivity index (χ0v) is 13.0. The van der Waals surface area contributed by atoms with Gasteiger partial charge in [0.25, 0.3) is 0 Å². The fraction of sp³-hybridized carbons (Fsp3) is 0.667. The van der Waals surface area contributed by atoms with Gasteiger partial charge in [0, 0.05) is 4.88 Å². The highest BCUT2D eigenvalue weighted by Gasteiger charge is 2.34. The number of hydrogen-bond donors (Lipinski definition) is 1. The van der Waals surface area contributed by atoms with E-state index in [-0.39, 0.29) is 5.97 Å². The van der Waals surface area contributed by atoms with Crippen molar-refractivity contribution in [2.75, 3.05) is 12.8 Å². The van der Waals surface area contributed by atoms with Gasteiger partial charge in [0.2, 0.25) is 0 Å². The lowest BCUT2D eigenvalue weighted by Gasteiger charge is -2.36. The minimum absolute atomic E-state index is 0.289. The van der Waals surface area contributed by atoms with Gasteiger partial charge in [-0.25, -0.2) is 4.79 Å². The number of nitrogen functional groups attached to an aromatic ring is 1.